The molecule has 0 bridgehead atoms. The Labute approximate surface area is 114 Å². The molecule has 0 unspecified atom stereocenters. The molecule has 1 aromatic carbocycles. The lowest BCUT2D eigenvalue weighted by Gasteiger charge is -2.08. The van der Waals surface area contributed by atoms with Crippen LogP contribution in [0.4, 0.5) is 13.2 Å². The molecule has 2 rings (SSSR count). The predicted molar refractivity (Wildman–Crippen MR) is 66.6 cm³/mol. The first kappa shape index (κ1) is 14.2. The molecule has 0 aliphatic rings. The van der Waals surface area contributed by atoms with Gasteiger partial charge in [0.15, 0.2) is 11.6 Å². The molecule has 0 aliphatic carbocycles. The van der Waals surface area contributed by atoms with E-state index in [2.05, 4.69) is 9.72 Å². The number of alkyl halides is 2. The minimum atomic E-state index is -3.06. The van der Waals surface area contributed by atoms with Crippen LogP contribution in [-0.2, 0) is 6.42 Å². The zero-order chi connectivity index (χ0) is 14.5. The standard InChI is InChI=1S/C14H12F3NO2/c1-19-11-5-10(7-18-8-11)4-9-2-3-12(15)13(6-9)20-14(16)17/h2-3,5-8,14H,4H2,1H3. The number of pyridine rings is 1. The minimum absolute atomic E-state index is 0.407. The van der Waals surface area contributed by atoms with Crippen LogP contribution < -0.4 is 9.47 Å². The van der Waals surface area contributed by atoms with E-state index in [1.54, 1.807) is 18.5 Å². The van der Waals surface area contributed by atoms with Crippen LogP contribution in [0.15, 0.2) is 36.7 Å². The quantitative estimate of drug-likeness (QED) is 0.842. The highest BCUT2D eigenvalue weighted by molar-refractivity contribution is 5.35. The Hall–Kier alpha value is -2.24. The smallest absolute Gasteiger partial charge is 0.387 e. The van der Waals surface area contributed by atoms with Crippen LogP contribution >= 0.6 is 0 Å². The highest BCUT2D eigenvalue weighted by atomic mass is 19.3. The van der Waals surface area contributed by atoms with E-state index in [9.17, 15) is 13.2 Å². The second-order valence-corrected chi connectivity index (χ2v) is 4.05. The fourth-order valence-electron chi connectivity index (χ4n) is 1.75. The van der Waals surface area contributed by atoms with Crippen molar-refractivity contribution >= 4 is 0 Å². The third-order valence-corrected chi connectivity index (χ3v) is 2.63. The molecule has 0 spiro atoms. The van der Waals surface area contributed by atoms with Crippen LogP contribution in [0.3, 0.4) is 0 Å². The van der Waals surface area contributed by atoms with Crippen LogP contribution in [0, 0.1) is 5.82 Å². The Morgan fingerprint density at radius 3 is 2.65 bits per heavy atom. The Morgan fingerprint density at radius 2 is 1.95 bits per heavy atom. The lowest BCUT2D eigenvalue weighted by atomic mass is 10.1. The predicted octanol–water partition coefficient (Wildman–Crippen LogP) is 3.42. The number of rotatable bonds is 5. The normalized spacial score (nSPS) is 10.7. The molecule has 0 amide bonds. The molecular weight excluding hydrogens is 271 g/mol. The molecule has 3 nitrogen and oxygen atoms in total. The molecule has 0 N–H and O–H groups in total. The number of nitrogens with zero attached hydrogens (tertiary/aromatic N) is 1. The molecule has 20 heavy (non-hydrogen) atoms. The fraction of sp³-hybridized carbons (Fsp3) is 0.214. The van der Waals surface area contributed by atoms with Gasteiger partial charge in [0, 0.05) is 6.20 Å². The second-order valence-electron chi connectivity index (χ2n) is 4.05. The third kappa shape index (κ3) is 3.63. The van der Waals surface area contributed by atoms with E-state index in [4.69, 9.17) is 4.74 Å². The Balaban J connectivity index is 2.20. The van der Waals surface area contributed by atoms with Crippen molar-refractivity contribution in [3.05, 3.63) is 53.6 Å². The zero-order valence-corrected chi connectivity index (χ0v) is 10.6. The van der Waals surface area contributed by atoms with Crippen molar-refractivity contribution in [2.75, 3.05) is 7.11 Å². The molecule has 0 aliphatic heterocycles. The van der Waals surface area contributed by atoms with Gasteiger partial charge >= 0.3 is 6.61 Å². The van der Waals surface area contributed by atoms with Crippen LogP contribution in [0.25, 0.3) is 0 Å². The topological polar surface area (TPSA) is 31.4 Å². The van der Waals surface area contributed by atoms with Gasteiger partial charge in [0.1, 0.15) is 5.75 Å². The average molecular weight is 283 g/mol. The Kier molecular flexibility index (Phi) is 4.45. The van der Waals surface area contributed by atoms with Crippen molar-refractivity contribution in [1.82, 2.24) is 4.98 Å². The molecule has 0 saturated heterocycles. The van der Waals surface area contributed by atoms with Gasteiger partial charge in [-0.05, 0) is 35.7 Å². The monoisotopic (exact) mass is 283 g/mol. The third-order valence-electron chi connectivity index (χ3n) is 2.63. The average Bonchev–Trinajstić information content (AvgIpc) is 2.42. The van der Waals surface area contributed by atoms with Crippen LogP contribution in [0.5, 0.6) is 11.5 Å². The van der Waals surface area contributed by atoms with Crippen molar-refractivity contribution in [2.24, 2.45) is 0 Å². The van der Waals surface area contributed by atoms with Crippen molar-refractivity contribution in [3.8, 4) is 11.5 Å². The lowest BCUT2D eigenvalue weighted by Crippen LogP contribution is -2.04. The summed E-state index contributed by atoms with van der Waals surface area (Å²) in [4.78, 5) is 3.99. The Morgan fingerprint density at radius 1 is 1.15 bits per heavy atom. The summed E-state index contributed by atoms with van der Waals surface area (Å²) in [5, 5.41) is 0. The van der Waals surface area contributed by atoms with Gasteiger partial charge in [0.05, 0.1) is 13.3 Å². The molecule has 1 heterocycles. The van der Waals surface area contributed by atoms with E-state index >= 15 is 0 Å². The van der Waals surface area contributed by atoms with E-state index < -0.39 is 18.2 Å². The molecular formula is C14H12F3NO2. The summed E-state index contributed by atoms with van der Waals surface area (Å²) in [6, 6.07) is 5.62. The fourth-order valence-corrected chi connectivity index (χ4v) is 1.75. The number of methoxy groups -OCH3 is 1. The van der Waals surface area contributed by atoms with Crippen molar-refractivity contribution < 1.29 is 22.6 Å². The summed E-state index contributed by atoms with van der Waals surface area (Å²) in [7, 11) is 1.52. The summed E-state index contributed by atoms with van der Waals surface area (Å²) >= 11 is 0. The van der Waals surface area contributed by atoms with Gasteiger partial charge in [-0.25, -0.2) is 4.39 Å². The Bertz CT molecular complexity index is 590. The van der Waals surface area contributed by atoms with Gasteiger partial charge in [0.2, 0.25) is 0 Å². The van der Waals surface area contributed by atoms with Crippen molar-refractivity contribution in [1.29, 1.82) is 0 Å². The molecule has 0 atom stereocenters. The number of benzene rings is 1. The van der Waals surface area contributed by atoms with Gasteiger partial charge in [-0.3, -0.25) is 4.98 Å². The molecule has 0 fully saturated rings. The summed E-state index contributed by atoms with van der Waals surface area (Å²) < 4.78 is 46.7. The van der Waals surface area contributed by atoms with Crippen LogP contribution in [0.2, 0.25) is 0 Å². The molecule has 2 aromatic rings. The van der Waals surface area contributed by atoms with E-state index in [-0.39, 0.29) is 0 Å². The summed E-state index contributed by atoms with van der Waals surface area (Å²) in [6.45, 7) is -3.06. The number of hydrogen-bond acceptors (Lipinski definition) is 3. The molecule has 0 radical (unpaired) electrons. The largest absolute Gasteiger partial charge is 0.495 e. The van der Waals surface area contributed by atoms with Crippen LogP contribution in [0.1, 0.15) is 11.1 Å². The first-order valence-corrected chi connectivity index (χ1v) is 5.79. The number of ether oxygens (including phenoxy) is 2. The van der Waals surface area contributed by atoms with Crippen molar-refractivity contribution in [2.45, 2.75) is 13.0 Å². The summed E-state index contributed by atoms with van der Waals surface area (Å²) in [5.41, 5.74) is 1.45. The van der Waals surface area contributed by atoms with Gasteiger partial charge < -0.3 is 9.47 Å². The molecule has 6 heteroatoms. The van der Waals surface area contributed by atoms with E-state index in [0.29, 0.717) is 17.7 Å². The maximum atomic E-state index is 13.3. The minimum Gasteiger partial charge on any atom is -0.495 e. The van der Waals surface area contributed by atoms with Gasteiger partial charge in [0.25, 0.3) is 0 Å². The van der Waals surface area contributed by atoms with Gasteiger partial charge in [-0.1, -0.05) is 6.07 Å². The van der Waals surface area contributed by atoms with Crippen LogP contribution in [-0.4, -0.2) is 18.7 Å². The van der Waals surface area contributed by atoms with Gasteiger partial charge in [-0.2, -0.15) is 8.78 Å². The first-order valence-electron chi connectivity index (χ1n) is 5.79. The highest BCUT2D eigenvalue weighted by Crippen LogP contribution is 2.23. The maximum Gasteiger partial charge on any atom is 0.387 e. The van der Waals surface area contributed by atoms with Crippen molar-refractivity contribution in [3.63, 3.8) is 0 Å². The number of halogens is 3. The van der Waals surface area contributed by atoms with E-state index in [1.165, 1.54) is 19.2 Å². The zero-order valence-electron chi connectivity index (χ0n) is 10.6. The second kappa shape index (κ2) is 6.27. The number of aromatic nitrogens is 1. The SMILES string of the molecule is COc1cncc(Cc2ccc(F)c(OC(F)F)c2)c1. The summed E-state index contributed by atoms with van der Waals surface area (Å²) in [5.74, 6) is -0.695. The number of hydrogen-bond donors (Lipinski definition) is 0. The molecule has 1 aromatic heterocycles. The lowest BCUT2D eigenvalue weighted by molar-refractivity contribution is -0.0522. The molecule has 0 saturated carbocycles. The first-order chi connectivity index (χ1) is 9.58. The highest BCUT2D eigenvalue weighted by Gasteiger charge is 2.11. The molecule has 106 valence electrons. The maximum absolute atomic E-state index is 13.3. The van der Waals surface area contributed by atoms with E-state index in [1.807, 2.05) is 0 Å². The summed E-state index contributed by atoms with van der Waals surface area (Å²) in [6.07, 6.45) is 3.59. The van der Waals surface area contributed by atoms with E-state index in [0.717, 1.165) is 11.6 Å². The van der Waals surface area contributed by atoms with Gasteiger partial charge in [-0.15, -0.1) is 0 Å².